The number of hydrogen-bond donors (Lipinski definition) is 1. The van der Waals surface area contributed by atoms with Crippen LogP contribution in [0.3, 0.4) is 0 Å². The maximum atomic E-state index is 13.6. The summed E-state index contributed by atoms with van der Waals surface area (Å²) >= 11 is 0. The minimum Gasteiger partial charge on any atom is -0.466 e. The van der Waals surface area contributed by atoms with Crippen molar-refractivity contribution in [2.75, 3.05) is 7.11 Å². The van der Waals surface area contributed by atoms with Gasteiger partial charge in [0.25, 0.3) is 0 Å². The Bertz CT molecular complexity index is 1430. The van der Waals surface area contributed by atoms with Gasteiger partial charge in [-0.3, -0.25) is 0 Å². The summed E-state index contributed by atoms with van der Waals surface area (Å²) in [5.41, 5.74) is -0.354. The highest BCUT2D eigenvalue weighted by atomic mass is 19.4. The SMILES string of the molecule is COC(=O)C1=C(C)N(Cc2cccc(C(F)(F)F)c2)C(=NCc2ccccc2C(F)(F)F)NC1c1ccccc1. The van der Waals surface area contributed by atoms with Crippen LogP contribution in [0, 0.1) is 0 Å². The molecule has 40 heavy (non-hydrogen) atoms. The summed E-state index contributed by atoms with van der Waals surface area (Å²) in [6.07, 6.45) is -9.18. The first-order valence-electron chi connectivity index (χ1n) is 12.1. The first-order valence-corrected chi connectivity index (χ1v) is 12.1. The molecule has 0 spiro atoms. The molecular weight excluding hydrogens is 536 g/mol. The van der Waals surface area contributed by atoms with Crippen LogP contribution in [0.5, 0.6) is 0 Å². The van der Waals surface area contributed by atoms with Gasteiger partial charge >= 0.3 is 18.3 Å². The van der Waals surface area contributed by atoms with Crippen LogP contribution in [0.4, 0.5) is 26.3 Å². The standard InChI is InChI=1S/C29H25F6N3O2/c1-18-24(26(39)40-2)25(20-10-4-3-5-11-20)37-27(36-16-21-12-6-7-14-23(21)29(33,34)35)38(18)17-19-9-8-13-22(15-19)28(30,31)32/h3-15,25H,16-17H2,1-2H3,(H,36,37). The minimum atomic E-state index is -4.60. The van der Waals surface area contributed by atoms with Gasteiger partial charge in [0.05, 0.1) is 42.9 Å². The number of carbonyl (C=O) groups excluding carboxylic acids is 1. The highest BCUT2D eigenvalue weighted by molar-refractivity contribution is 5.96. The lowest BCUT2D eigenvalue weighted by molar-refractivity contribution is -0.138. The average molecular weight is 562 g/mol. The molecule has 5 nitrogen and oxygen atoms in total. The van der Waals surface area contributed by atoms with Gasteiger partial charge in [-0.1, -0.05) is 60.7 Å². The number of guanidine groups is 1. The van der Waals surface area contributed by atoms with E-state index in [1.165, 1.54) is 42.3 Å². The third kappa shape index (κ3) is 6.30. The number of alkyl halides is 6. The molecule has 0 bridgehead atoms. The van der Waals surface area contributed by atoms with Gasteiger partial charge < -0.3 is 15.0 Å². The number of aliphatic imine (C=N–C) groups is 1. The van der Waals surface area contributed by atoms with E-state index >= 15 is 0 Å². The number of allylic oxidation sites excluding steroid dienone is 1. The molecule has 0 aromatic heterocycles. The third-order valence-corrected chi connectivity index (χ3v) is 6.47. The van der Waals surface area contributed by atoms with Gasteiger partial charge in [0, 0.05) is 5.70 Å². The monoisotopic (exact) mass is 561 g/mol. The number of nitrogens with zero attached hydrogens (tertiary/aromatic N) is 2. The van der Waals surface area contributed by atoms with Crippen molar-refractivity contribution in [3.8, 4) is 0 Å². The van der Waals surface area contributed by atoms with Gasteiger partial charge in [0.1, 0.15) is 0 Å². The maximum absolute atomic E-state index is 13.6. The Labute approximate surface area is 226 Å². The van der Waals surface area contributed by atoms with E-state index in [1.54, 1.807) is 37.3 Å². The summed E-state index contributed by atoms with van der Waals surface area (Å²) in [5.74, 6) is -0.581. The third-order valence-electron chi connectivity index (χ3n) is 6.47. The van der Waals surface area contributed by atoms with Crippen molar-refractivity contribution < 1.29 is 35.9 Å². The zero-order chi connectivity index (χ0) is 29.1. The summed E-state index contributed by atoms with van der Waals surface area (Å²) in [6, 6.07) is 17.7. The molecule has 0 amide bonds. The highest BCUT2D eigenvalue weighted by Crippen LogP contribution is 2.35. The summed E-state index contributed by atoms with van der Waals surface area (Å²) < 4.78 is 86.0. The second-order valence-electron chi connectivity index (χ2n) is 9.06. The fraction of sp³-hybridized carbons (Fsp3) is 0.241. The smallest absolute Gasteiger partial charge is 0.416 e. The highest BCUT2D eigenvalue weighted by Gasteiger charge is 2.37. The van der Waals surface area contributed by atoms with E-state index in [4.69, 9.17) is 4.74 Å². The molecule has 1 N–H and O–H groups in total. The van der Waals surface area contributed by atoms with Crippen LogP contribution in [0.15, 0.2) is 95.1 Å². The largest absolute Gasteiger partial charge is 0.466 e. The van der Waals surface area contributed by atoms with E-state index in [0.717, 1.165) is 18.2 Å². The Morgan fingerprint density at radius 3 is 2.25 bits per heavy atom. The number of halogens is 6. The molecule has 0 fully saturated rings. The molecule has 0 saturated carbocycles. The van der Waals surface area contributed by atoms with Crippen LogP contribution in [0.1, 0.15) is 40.8 Å². The summed E-state index contributed by atoms with van der Waals surface area (Å²) in [5, 5.41) is 3.12. The number of ether oxygens (including phenoxy) is 1. The molecule has 11 heteroatoms. The van der Waals surface area contributed by atoms with Gasteiger partial charge in [0.15, 0.2) is 5.96 Å². The van der Waals surface area contributed by atoms with Gasteiger partial charge in [-0.25, -0.2) is 9.79 Å². The summed E-state index contributed by atoms with van der Waals surface area (Å²) in [7, 11) is 1.21. The van der Waals surface area contributed by atoms with Gasteiger partial charge in [-0.15, -0.1) is 0 Å². The lowest BCUT2D eigenvalue weighted by Gasteiger charge is -2.38. The zero-order valence-corrected chi connectivity index (χ0v) is 21.5. The Balaban J connectivity index is 1.83. The van der Waals surface area contributed by atoms with E-state index in [0.29, 0.717) is 11.3 Å². The number of benzene rings is 3. The number of nitrogens with one attached hydrogen (secondary N) is 1. The van der Waals surface area contributed by atoms with Crippen molar-refractivity contribution in [1.29, 1.82) is 0 Å². The van der Waals surface area contributed by atoms with Gasteiger partial charge in [-0.2, -0.15) is 26.3 Å². The molecule has 3 aromatic carbocycles. The maximum Gasteiger partial charge on any atom is 0.416 e. The van der Waals surface area contributed by atoms with E-state index in [9.17, 15) is 31.1 Å². The predicted molar refractivity (Wildman–Crippen MR) is 137 cm³/mol. The molecule has 1 aliphatic rings. The Kier molecular flexibility index (Phi) is 8.22. The van der Waals surface area contributed by atoms with Crippen LogP contribution < -0.4 is 5.32 Å². The van der Waals surface area contributed by atoms with Crippen LogP contribution in [0.25, 0.3) is 0 Å². The van der Waals surface area contributed by atoms with E-state index < -0.39 is 35.5 Å². The fourth-order valence-corrected chi connectivity index (χ4v) is 4.51. The topological polar surface area (TPSA) is 53.9 Å². The van der Waals surface area contributed by atoms with Crippen LogP contribution in [-0.4, -0.2) is 23.9 Å². The van der Waals surface area contributed by atoms with Crippen molar-refractivity contribution in [1.82, 2.24) is 10.2 Å². The molecule has 0 saturated heterocycles. The minimum absolute atomic E-state index is 0.0834. The number of rotatable bonds is 6. The zero-order valence-electron chi connectivity index (χ0n) is 21.5. The van der Waals surface area contributed by atoms with Gasteiger partial charge in [-0.05, 0) is 41.8 Å². The molecular formula is C29H25F6N3O2. The summed E-state index contributed by atoms with van der Waals surface area (Å²) in [6.45, 7) is 1.07. The Hall–Kier alpha value is -4.28. The van der Waals surface area contributed by atoms with Crippen LogP contribution in [0.2, 0.25) is 0 Å². The molecule has 0 radical (unpaired) electrons. The lowest BCUT2D eigenvalue weighted by atomic mass is 9.94. The Morgan fingerprint density at radius 1 is 0.925 bits per heavy atom. The molecule has 3 aromatic rings. The molecule has 1 atom stereocenters. The van der Waals surface area contributed by atoms with Crippen molar-refractivity contribution in [2.24, 2.45) is 4.99 Å². The van der Waals surface area contributed by atoms with E-state index in [1.807, 2.05) is 0 Å². The average Bonchev–Trinajstić information content (AvgIpc) is 2.92. The Morgan fingerprint density at radius 2 is 1.60 bits per heavy atom. The van der Waals surface area contributed by atoms with Gasteiger partial charge in [0.2, 0.25) is 0 Å². The predicted octanol–water partition coefficient (Wildman–Crippen LogP) is 6.87. The molecule has 1 aliphatic heterocycles. The lowest BCUT2D eigenvalue weighted by Crippen LogP contribution is -2.48. The van der Waals surface area contributed by atoms with Crippen molar-refractivity contribution in [3.05, 3.63) is 118 Å². The first kappa shape index (κ1) is 28.7. The number of carbonyl (C=O) groups is 1. The van der Waals surface area contributed by atoms with E-state index in [-0.39, 0.29) is 35.7 Å². The second kappa shape index (κ2) is 11.4. The molecule has 1 unspecified atom stereocenters. The second-order valence-corrected chi connectivity index (χ2v) is 9.06. The molecule has 0 aliphatic carbocycles. The number of esters is 1. The quantitative estimate of drug-likeness (QED) is 0.264. The molecule has 210 valence electrons. The molecule has 1 heterocycles. The van der Waals surface area contributed by atoms with Crippen LogP contribution >= 0.6 is 0 Å². The van der Waals surface area contributed by atoms with Crippen molar-refractivity contribution >= 4 is 11.9 Å². The molecule has 4 rings (SSSR count). The normalized spacial score (nSPS) is 17.1. The van der Waals surface area contributed by atoms with E-state index in [2.05, 4.69) is 10.3 Å². The number of hydrogen-bond acceptors (Lipinski definition) is 3. The summed E-state index contributed by atoms with van der Waals surface area (Å²) in [4.78, 5) is 18.8. The van der Waals surface area contributed by atoms with Crippen molar-refractivity contribution in [3.63, 3.8) is 0 Å². The van der Waals surface area contributed by atoms with Crippen molar-refractivity contribution in [2.45, 2.75) is 38.4 Å². The van der Waals surface area contributed by atoms with Crippen LogP contribution in [-0.2, 0) is 35.0 Å². The number of methoxy groups -OCH3 is 1. The fourth-order valence-electron chi connectivity index (χ4n) is 4.51. The first-order chi connectivity index (χ1) is 18.9.